The molecule has 0 saturated heterocycles. The van der Waals surface area contributed by atoms with Gasteiger partial charge in [0.05, 0.1) is 10.2 Å². The molecule has 4 nitrogen and oxygen atoms in total. The number of anilines is 1. The highest BCUT2D eigenvalue weighted by molar-refractivity contribution is 7.98. The maximum Gasteiger partial charge on any atom is 0.307 e. The molecular weight excluding hydrogens is 400 g/mol. The summed E-state index contributed by atoms with van der Waals surface area (Å²) in [4.78, 5) is 25.6. The second kappa shape index (κ2) is 8.27. The van der Waals surface area contributed by atoms with Crippen molar-refractivity contribution in [2.75, 3.05) is 5.32 Å². The first-order valence-electron chi connectivity index (χ1n) is 9.19. The maximum atomic E-state index is 12.6. The first-order valence-corrected chi connectivity index (χ1v) is 11.0. The Balaban J connectivity index is 1.41. The zero-order valence-electron chi connectivity index (χ0n) is 16.1. The van der Waals surface area contributed by atoms with Crippen LogP contribution in [0.15, 0.2) is 76.4 Å². The Labute approximate surface area is 177 Å². The molecule has 6 heteroatoms. The van der Waals surface area contributed by atoms with Crippen LogP contribution in [-0.4, -0.2) is 10.5 Å². The summed E-state index contributed by atoms with van der Waals surface area (Å²) in [5.74, 6) is 0.694. The topological polar surface area (TPSA) is 51.1 Å². The molecule has 146 valence electrons. The van der Waals surface area contributed by atoms with Gasteiger partial charge in [0.25, 0.3) is 5.91 Å². The van der Waals surface area contributed by atoms with E-state index in [0.29, 0.717) is 11.3 Å². The quantitative estimate of drug-likeness (QED) is 0.437. The minimum atomic E-state index is -0.162. The summed E-state index contributed by atoms with van der Waals surface area (Å²) < 4.78 is 2.47. The van der Waals surface area contributed by atoms with E-state index in [1.807, 2.05) is 42.5 Å². The number of aromatic nitrogens is 1. The predicted octanol–water partition coefficient (Wildman–Crippen LogP) is 5.45. The van der Waals surface area contributed by atoms with Gasteiger partial charge in [-0.3, -0.25) is 9.59 Å². The normalized spacial score (nSPS) is 11.0. The summed E-state index contributed by atoms with van der Waals surface area (Å²) in [5, 5.41) is 2.91. The average Bonchev–Trinajstić information content (AvgIpc) is 3.01. The van der Waals surface area contributed by atoms with Crippen LogP contribution in [0.2, 0.25) is 0 Å². The van der Waals surface area contributed by atoms with Crippen molar-refractivity contribution in [2.45, 2.75) is 17.6 Å². The van der Waals surface area contributed by atoms with Crippen LogP contribution in [0.1, 0.15) is 21.5 Å². The van der Waals surface area contributed by atoms with Crippen LogP contribution in [0.5, 0.6) is 0 Å². The van der Waals surface area contributed by atoms with E-state index in [1.165, 1.54) is 27.4 Å². The van der Waals surface area contributed by atoms with Crippen molar-refractivity contribution < 1.29 is 4.79 Å². The van der Waals surface area contributed by atoms with Gasteiger partial charge in [0.1, 0.15) is 0 Å². The van der Waals surface area contributed by atoms with Gasteiger partial charge in [0.15, 0.2) is 0 Å². The molecule has 0 spiro atoms. The van der Waals surface area contributed by atoms with Gasteiger partial charge in [0.2, 0.25) is 0 Å². The first-order chi connectivity index (χ1) is 14.0. The fraction of sp³-hybridized carbons (Fsp3) is 0.130. The molecule has 1 aromatic heterocycles. The average molecular weight is 421 g/mol. The lowest BCUT2D eigenvalue weighted by molar-refractivity contribution is 0.102. The third-order valence-electron chi connectivity index (χ3n) is 4.69. The fourth-order valence-corrected chi connectivity index (χ4v) is 4.74. The van der Waals surface area contributed by atoms with Crippen molar-refractivity contribution in [3.63, 3.8) is 0 Å². The summed E-state index contributed by atoms with van der Waals surface area (Å²) in [7, 11) is 1.75. The molecule has 3 aromatic carbocycles. The lowest BCUT2D eigenvalue weighted by Gasteiger charge is -2.07. The number of hydrogen-bond acceptors (Lipinski definition) is 4. The van der Waals surface area contributed by atoms with Crippen molar-refractivity contribution in [3.8, 4) is 0 Å². The zero-order chi connectivity index (χ0) is 20.4. The van der Waals surface area contributed by atoms with E-state index in [0.717, 1.165) is 16.0 Å². The van der Waals surface area contributed by atoms with Gasteiger partial charge >= 0.3 is 4.87 Å². The van der Waals surface area contributed by atoms with Crippen molar-refractivity contribution in [2.24, 2.45) is 7.05 Å². The summed E-state index contributed by atoms with van der Waals surface area (Å²) in [5.41, 5.74) is 4.58. The van der Waals surface area contributed by atoms with Gasteiger partial charge in [0, 0.05) is 28.9 Å². The number of benzene rings is 3. The third-order valence-corrected chi connectivity index (χ3v) is 6.77. The highest BCUT2D eigenvalue weighted by Crippen LogP contribution is 2.24. The monoisotopic (exact) mass is 420 g/mol. The van der Waals surface area contributed by atoms with E-state index < -0.39 is 0 Å². The second-order valence-corrected chi connectivity index (χ2v) is 8.90. The molecule has 1 amide bonds. The number of aryl methyl sites for hydroxylation is 2. The predicted molar refractivity (Wildman–Crippen MR) is 122 cm³/mol. The van der Waals surface area contributed by atoms with Crippen LogP contribution in [0, 0.1) is 6.92 Å². The van der Waals surface area contributed by atoms with E-state index in [1.54, 1.807) is 23.4 Å². The molecule has 29 heavy (non-hydrogen) atoms. The van der Waals surface area contributed by atoms with Crippen molar-refractivity contribution in [3.05, 3.63) is 93.1 Å². The molecule has 0 aliphatic heterocycles. The second-order valence-electron chi connectivity index (χ2n) is 6.86. The fourth-order valence-electron chi connectivity index (χ4n) is 2.97. The first kappa shape index (κ1) is 19.5. The van der Waals surface area contributed by atoms with Crippen LogP contribution in [0.25, 0.3) is 10.2 Å². The standard InChI is InChI=1S/C23H20N2O2S2/c1-15-3-10-19(11-4-15)28-14-16-5-7-17(8-6-16)22(26)24-18-9-12-20-21(13-18)29-23(27)25(20)2/h3-13H,14H2,1-2H3,(H,24,26). The Morgan fingerprint density at radius 2 is 1.76 bits per heavy atom. The van der Waals surface area contributed by atoms with Gasteiger partial charge in [-0.15, -0.1) is 11.8 Å². The van der Waals surface area contributed by atoms with Gasteiger partial charge in [-0.1, -0.05) is 41.2 Å². The van der Waals surface area contributed by atoms with Crippen LogP contribution in [-0.2, 0) is 12.8 Å². The highest BCUT2D eigenvalue weighted by Gasteiger charge is 2.09. The van der Waals surface area contributed by atoms with E-state index in [2.05, 4.69) is 36.5 Å². The number of thiazole rings is 1. The van der Waals surface area contributed by atoms with Crippen LogP contribution >= 0.6 is 23.1 Å². The Morgan fingerprint density at radius 1 is 1.03 bits per heavy atom. The lowest BCUT2D eigenvalue weighted by atomic mass is 10.1. The molecule has 0 atom stereocenters. The number of amides is 1. The number of thioether (sulfide) groups is 1. The molecule has 0 fully saturated rings. The van der Waals surface area contributed by atoms with Crippen LogP contribution < -0.4 is 10.2 Å². The summed E-state index contributed by atoms with van der Waals surface area (Å²) in [6.45, 7) is 2.08. The van der Waals surface area contributed by atoms with Crippen LogP contribution in [0.4, 0.5) is 5.69 Å². The van der Waals surface area contributed by atoms with Gasteiger partial charge in [-0.25, -0.2) is 0 Å². The number of hydrogen-bond donors (Lipinski definition) is 1. The molecular formula is C23H20N2O2S2. The summed E-state index contributed by atoms with van der Waals surface area (Å²) in [6, 6.07) is 21.7. The number of carbonyl (C=O) groups excluding carboxylic acids is 1. The Morgan fingerprint density at radius 3 is 2.48 bits per heavy atom. The molecule has 0 aliphatic carbocycles. The minimum absolute atomic E-state index is 0.0115. The SMILES string of the molecule is Cc1ccc(SCc2ccc(C(=O)Nc3ccc4c(c3)sc(=O)n4C)cc2)cc1. The largest absolute Gasteiger partial charge is 0.322 e. The van der Waals surface area contributed by atoms with Crippen molar-refractivity contribution in [1.82, 2.24) is 4.57 Å². The molecule has 0 radical (unpaired) electrons. The molecule has 1 N–H and O–H groups in total. The number of fused-ring (bicyclic) bond motifs is 1. The Hall–Kier alpha value is -2.83. The highest BCUT2D eigenvalue weighted by atomic mass is 32.2. The molecule has 0 bridgehead atoms. The Kier molecular flexibility index (Phi) is 5.56. The van der Waals surface area contributed by atoms with Crippen LogP contribution in [0.3, 0.4) is 0 Å². The summed E-state index contributed by atoms with van der Waals surface area (Å²) >= 11 is 2.95. The van der Waals surface area contributed by atoms with E-state index in [-0.39, 0.29) is 10.8 Å². The van der Waals surface area contributed by atoms with Gasteiger partial charge < -0.3 is 9.88 Å². The molecule has 1 heterocycles. The van der Waals surface area contributed by atoms with E-state index in [4.69, 9.17) is 0 Å². The smallest absolute Gasteiger partial charge is 0.307 e. The van der Waals surface area contributed by atoms with E-state index >= 15 is 0 Å². The number of nitrogens with zero attached hydrogens (tertiary/aromatic N) is 1. The van der Waals surface area contributed by atoms with Crippen molar-refractivity contribution in [1.29, 1.82) is 0 Å². The van der Waals surface area contributed by atoms with Gasteiger partial charge in [-0.2, -0.15) is 0 Å². The van der Waals surface area contributed by atoms with Crippen molar-refractivity contribution >= 4 is 44.9 Å². The number of carbonyl (C=O) groups is 1. The molecule has 4 rings (SSSR count). The molecule has 4 aromatic rings. The lowest BCUT2D eigenvalue weighted by Crippen LogP contribution is -2.11. The zero-order valence-corrected chi connectivity index (χ0v) is 17.8. The summed E-state index contributed by atoms with van der Waals surface area (Å²) in [6.07, 6.45) is 0. The Bertz CT molecular complexity index is 1220. The third kappa shape index (κ3) is 4.44. The molecule has 0 unspecified atom stereocenters. The van der Waals surface area contributed by atoms with E-state index in [9.17, 15) is 9.59 Å². The van der Waals surface area contributed by atoms with Gasteiger partial charge in [-0.05, 0) is 55.0 Å². The molecule has 0 aliphatic rings. The number of rotatable bonds is 5. The molecule has 0 saturated carbocycles. The maximum absolute atomic E-state index is 12.6. The minimum Gasteiger partial charge on any atom is -0.322 e. The number of nitrogens with one attached hydrogen (secondary N) is 1.